The van der Waals surface area contributed by atoms with Crippen LogP contribution < -0.4 is 16.2 Å². The van der Waals surface area contributed by atoms with Crippen molar-refractivity contribution in [3.63, 3.8) is 0 Å². The van der Waals surface area contributed by atoms with Gasteiger partial charge >= 0.3 is 5.97 Å². The Morgan fingerprint density at radius 1 is 0.742 bits per heavy atom. The van der Waals surface area contributed by atoms with Crippen molar-refractivity contribution in [3.8, 4) is 11.5 Å². The molecule has 0 fully saturated rings. The van der Waals surface area contributed by atoms with Gasteiger partial charge in [0.05, 0.1) is 31.5 Å². The maximum atomic E-state index is 10.9. The fraction of sp³-hybridized carbons (Fsp3) is 0.0455. The average Bonchev–Trinajstić information content (AvgIpc) is 2.70. The predicted octanol–water partition coefficient (Wildman–Crippen LogP) is 7.09. The molecule has 31 heavy (non-hydrogen) atoms. The number of rotatable bonds is 1. The van der Waals surface area contributed by atoms with Crippen LogP contribution in [0.2, 0.25) is 20.1 Å². The van der Waals surface area contributed by atoms with Crippen LogP contribution in [0, 0.1) is 0 Å². The Kier molecular flexibility index (Phi) is 6.92. The van der Waals surface area contributed by atoms with Gasteiger partial charge < -0.3 is 21.3 Å². The topological polar surface area (TPSA) is 98.6 Å². The van der Waals surface area contributed by atoms with Crippen molar-refractivity contribution in [2.24, 2.45) is 0 Å². The van der Waals surface area contributed by atoms with Crippen molar-refractivity contribution in [1.29, 1.82) is 0 Å². The molecular weight excluding hydrogens is 482 g/mol. The number of ether oxygens (including phenoxy) is 1. The van der Waals surface area contributed by atoms with E-state index in [2.05, 4.69) is 0 Å². The fourth-order valence-corrected chi connectivity index (χ4v) is 4.02. The lowest BCUT2D eigenvalue weighted by Gasteiger charge is -2.08. The first-order chi connectivity index (χ1) is 14.6. The SMILES string of the molecule is CC(=O)Oc1ccc2c(Cl)cc(Cl)c(N)c2c1.Nc1c(Cl)cc(Cl)c2ccc(O)cc12. The number of hydrogen-bond acceptors (Lipinski definition) is 5. The van der Waals surface area contributed by atoms with Gasteiger partial charge in [0.25, 0.3) is 0 Å². The highest BCUT2D eigenvalue weighted by Crippen LogP contribution is 2.37. The smallest absolute Gasteiger partial charge is 0.308 e. The van der Waals surface area contributed by atoms with Crippen LogP contribution in [0.15, 0.2) is 48.5 Å². The van der Waals surface area contributed by atoms with Crippen LogP contribution in [0.1, 0.15) is 6.92 Å². The van der Waals surface area contributed by atoms with Gasteiger partial charge in [0.2, 0.25) is 0 Å². The highest BCUT2D eigenvalue weighted by Gasteiger charge is 2.10. The summed E-state index contributed by atoms with van der Waals surface area (Å²) in [6.07, 6.45) is 0. The van der Waals surface area contributed by atoms with Gasteiger partial charge in [0.15, 0.2) is 0 Å². The van der Waals surface area contributed by atoms with Crippen molar-refractivity contribution >= 4 is 85.3 Å². The molecule has 0 spiro atoms. The largest absolute Gasteiger partial charge is 0.508 e. The molecule has 0 aliphatic heterocycles. The van der Waals surface area contributed by atoms with E-state index in [0.29, 0.717) is 48.0 Å². The summed E-state index contributed by atoms with van der Waals surface area (Å²) in [7, 11) is 0. The second-order valence-corrected chi connectivity index (χ2v) is 8.17. The molecule has 5 nitrogen and oxygen atoms in total. The molecular formula is C22H16Cl4N2O3. The number of phenols is 1. The number of hydrogen-bond donors (Lipinski definition) is 3. The lowest BCUT2D eigenvalue weighted by atomic mass is 10.1. The number of phenolic OH excluding ortho intramolecular Hbond substituents is 1. The van der Waals surface area contributed by atoms with Gasteiger partial charge in [-0.2, -0.15) is 0 Å². The monoisotopic (exact) mass is 496 g/mol. The third-order valence-electron chi connectivity index (χ3n) is 4.37. The Hall–Kier alpha value is -2.57. The number of carbonyl (C=O) groups is 1. The van der Waals surface area contributed by atoms with Gasteiger partial charge in [-0.3, -0.25) is 4.79 Å². The minimum Gasteiger partial charge on any atom is -0.508 e. The van der Waals surface area contributed by atoms with E-state index in [4.69, 9.17) is 62.6 Å². The number of nitrogen functional groups attached to an aromatic ring is 2. The molecule has 4 rings (SSSR count). The minimum atomic E-state index is -0.393. The first-order valence-corrected chi connectivity index (χ1v) is 10.3. The number of nitrogens with two attached hydrogens (primary N) is 2. The van der Waals surface area contributed by atoms with Gasteiger partial charge in [-0.1, -0.05) is 46.4 Å². The van der Waals surface area contributed by atoms with Gasteiger partial charge in [-0.15, -0.1) is 0 Å². The maximum absolute atomic E-state index is 10.9. The van der Waals surface area contributed by atoms with Crippen molar-refractivity contribution in [2.75, 3.05) is 11.5 Å². The molecule has 0 aliphatic rings. The van der Waals surface area contributed by atoms with E-state index >= 15 is 0 Å². The molecule has 9 heteroatoms. The van der Waals surface area contributed by atoms with E-state index in [1.54, 1.807) is 48.5 Å². The number of carbonyl (C=O) groups excluding carboxylic acids is 1. The van der Waals surface area contributed by atoms with Crippen molar-refractivity contribution < 1.29 is 14.6 Å². The molecule has 160 valence electrons. The van der Waals surface area contributed by atoms with E-state index in [9.17, 15) is 9.90 Å². The zero-order chi connectivity index (χ0) is 22.9. The Morgan fingerprint density at radius 3 is 1.74 bits per heavy atom. The molecule has 0 heterocycles. The Labute approximate surface area is 198 Å². The summed E-state index contributed by atoms with van der Waals surface area (Å²) in [5, 5.41) is 14.0. The molecule has 0 bridgehead atoms. The summed E-state index contributed by atoms with van der Waals surface area (Å²) in [6.45, 7) is 1.33. The number of esters is 1. The number of aromatic hydroxyl groups is 1. The van der Waals surface area contributed by atoms with Gasteiger partial charge in [0, 0.05) is 28.5 Å². The summed E-state index contributed by atoms with van der Waals surface area (Å²) in [4.78, 5) is 10.9. The van der Waals surface area contributed by atoms with Gasteiger partial charge in [-0.05, 0) is 48.5 Å². The summed E-state index contributed by atoms with van der Waals surface area (Å²) < 4.78 is 4.98. The van der Waals surface area contributed by atoms with Crippen LogP contribution >= 0.6 is 46.4 Å². The van der Waals surface area contributed by atoms with Gasteiger partial charge in [-0.25, -0.2) is 0 Å². The van der Waals surface area contributed by atoms with E-state index in [1.807, 2.05) is 0 Å². The molecule has 4 aromatic carbocycles. The zero-order valence-corrected chi connectivity index (χ0v) is 19.1. The molecule has 0 saturated carbocycles. The third-order valence-corrected chi connectivity index (χ3v) is 5.62. The maximum Gasteiger partial charge on any atom is 0.308 e. The highest BCUT2D eigenvalue weighted by molar-refractivity contribution is 6.41. The number of halogens is 4. The van der Waals surface area contributed by atoms with Crippen molar-refractivity contribution in [2.45, 2.75) is 6.92 Å². The molecule has 4 aromatic rings. The first kappa shape index (κ1) is 23.1. The minimum absolute atomic E-state index is 0.141. The Morgan fingerprint density at radius 2 is 1.23 bits per heavy atom. The number of anilines is 2. The second-order valence-electron chi connectivity index (χ2n) is 6.54. The van der Waals surface area contributed by atoms with E-state index in [0.717, 1.165) is 10.8 Å². The van der Waals surface area contributed by atoms with Crippen LogP contribution in [-0.4, -0.2) is 11.1 Å². The average molecular weight is 498 g/mol. The molecule has 0 aliphatic carbocycles. The van der Waals surface area contributed by atoms with Crippen LogP contribution in [0.3, 0.4) is 0 Å². The number of fused-ring (bicyclic) bond motifs is 2. The van der Waals surface area contributed by atoms with Crippen molar-refractivity contribution in [1.82, 2.24) is 0 Å². The second kappa shape index (κ2) is 9.28. The summed E-state index contributed by atoms with van der Waals surface area (Å²) >= 11 is 23.8. The van der Waals surface area contributed by atoms with Crippen LogP contribution in [0.25, 0.3) is 21.5 Å². The van der Waals surface area contributed by atoms with Crippen LogP contribution in [0.4, 0.5) is 11.4 Å². The molecule has 0 amide bonds. The fourth-order valence-electron chi connectivity index (χ4n) is 2.94. The molecule has 0 aromatic heterocycles. The summed E-state index contributed by atoms with van der Waals surface area (Å²) in [5.41, 5.74) is 12.5. The third kappa shape index (κ3) is 5.02. The summed E-state index contributed by atoms with van der Waals surface area (Å²) in [6, 6.07) is 13.0. The zero-order valence-electron chi connectivity index (χ0n) is 16.0. The quantitative estimate of drug-likeness (QED) is 0.148. The molecule has 5 N–H and O–H groups in total. The molecule has 0 radical (unpaired) electrons. The van der Waals surface area contributed by atoms with E-state index in [-0.39, 0.29) is 5.75 Å². The first-order valence-electron chi connectivity index (χ1n) is 8.80. The predicted molar refractivity (Wildman–Crippen MR) is 130 cm³/mol. The number of benzene rings is 4. The summed E-state index contributed by atoms with van der Waals surface area (Å²) in [5.74, 6) is 0.161. The molecule has 0 saturated heterocycles. The Balaban J connectivity index is 0.000000179. The normalized spacial score (nSPS) is 10.6. The Bertz CT molecular complexity index is 1330. The molecule has 0 atom stereocenters. The molecule has 0 unspecified atom stereocenters. The highest BCUT2D eigenvalue weighted by atomic mass is 35.5. The van der Waals surface area contributed by atoms with Crippen LogP contribution in [-0.2, 0) is 4.79 Å². The lowest BCUT2D eigenvalue weighted by molar-refractivity contribution is -0.131. The van der Waals surface area contributed by atoms with Crippen LogP contribution in [0.5, 0.6) is 11.5 Å². The van der Waals surface area contributed by atoms with E-state index < -0.39 is 5.97 Å². The van der Waals surface area contributed by atoms with Gasteiger partial charge in [0.1, 0.15) is 11.5 Å². The van der Waals surface area contributed by atoms with E-state index in [1.165, 1.54) is 6.92 Å². The lowest BCUT2D eigenvalue weighted by Crippen LogP contribution is -2.01. The standard InChI is InChI=1S/C12H9Cl2NO2.C10H7Cl2NO/c1-6(16)17-7-2-3-8-9(4-7)12(15)11(14)5-10(8)13;11-8-4-9(12)10(13)7-3-5(14)1-2-6(7)8/h2-5H,15H2,1H3;1-4,14H,13H2. The van der Waals surface area contributed by atoms with Crippen molar-refractivity contribution in [3.05, 3.63) is 68.6 Å².